The van der Waals surface area contributed by atoms with Gasteiger partial charge in [-0.3, -0.25) is 4.99 Å². The van der Waals surface area contributed by atoms with Crippen molar-refractivity contribution in [2.45, 2.75) is 51.2 Å². The summed E-state index contributed by atoms with van der Waals surface area (Å²) in [5.41, 5.74) is -0.810. The van der Waals surface area contributed by atoms with Crippen LogP contribution in [-0.2, 0) is 12.6 Å². The summed E-state index contributed by atoms with van der Waals surface area (Å²) in [6, 6.07) is 0.385. The van der Waals surface area contributed by atoms with E-state index in [-0.39, 0.29) is 24.0 Å². The van der Waals surface area contributed by atoms with E-state index in [1.54, 1.807) is 7.05 Å². The van der Waals surface area contributed by atoms with Gasteiger partial charge in [-0.25, -0.2) is 4.98 Å². The van der Waals surface area contributed by atoms with Gasteiger partial charge < -0.3 is 15.5 Å². The first-order valence-electron chi connectivity index (χ1n) is 9.13. The lowest BCUT2D eigenvalue weighted by molar-refractivity contribution is -0.140. The fourth-order valence-electron chi connectivity index (χ4n) is 2.91. The van der Waals surface area contributed by atoms with E-state index in [0.717, 1.165) is 42.6 Å². The normalized spacial score (nSPS) is 16.9. The number of halogens is 4. The maximum atomic E-state index is 12.6. The summed E-state index contributed by atoms with van der Waals surface area (Å²) in [6.45, 7) is 6.06. The van der Waals surface area contributed by atoms with Gasteiger partial charge in [0.1, 0.15) is 0 Å². The summed E-state index contributed by atoms with van der Waals surface area (Å²) in [6.07, 6.45) is 0.687. The molecule has 2 heterocycles. The van der Waals surface area contributed by atoms with E-state index in [9.17, 15) is 13.2 Å². The molecule has 0 bridgehead atoms. The van der Waals surface area contributed by atoms with Crippen molar-refractivity contribution in [2.75, 3.05) is 33.2 Å². The predicted octanol–water partition coefficient (Wildman–Crippen LogP) is 3.75. The van der Waals surface area contributed by atoms with Crippen molar-refractivity contribution in [3.05, 3.63) is 16.1 Å². The lowest BCUT2D eigenvalue weighted by Gasteiger charge is -2.33. The Morgan fingerprint density at radius 1 is 1.37 bits per heavy atom. The van der Waals surface area contributed by atoms with Crippen LogP contribution in [0.15, 0.2) is 10.4 Å². The molecule has 0 spiro atoms. The zero-order valence-electron chi connectivity index (χ0n) is 15.8. The second kappa shape index (κ2) is 12.1. The van der Waals surface area contributed by atoms with Gasteiger partial charge in [-0.2, -0.15) is 13.2 Å². The Morgan fingerprint density at radius 3 is 2.63 bits per heavy atom. The molecule has 0 atom stereocenters. The molecule has 2 N–H and O–H groups in total. The third kappa shape index (κ3) is 8.51. The molecule has 0 amide bonds. The second-order valence-electron chi connectivity index (χ2n) is 6.49. The zero-order chi connectivity index (χ0) is 19.0. The second-order valence-corrected chi connectivity index (χ2v) is 7.43. The van der Waals surface area contributed by atoms with Crippen LogP contribution in [0.3, 0.4) is 0 Å². The smallest absolute Gasteiger partial charge is 0.356 e. The third-order valence-electron chi connectivity index (χ3n) is 4.45. The van der Waals surface area contributed by atoms with Crippen LogP contribution >= 0.6 is 35.3 Å². The molecule has 1 aromatic heterocycles. The molecule has 27 heavy (non-hydrogen) atoms. The summed E-state index contributed by atoms with van der Waals surface area (Å²) in [4.78, 5) is 10.3. The number of aromatic nitrogens is 1. The highest BCUT2D eigenvalue weighted by Gasteiger charge is 2.33. The molecule has 10 heteroatoms. The van der Waals surface area contributed by atoms with Gasteiger partial charge in [-0.05, 0) is 25.8 Å². The van der Waals surface area contributed by atoms with Crippen molar-refractivity contribution in [1.29, 1.82) is 0 Å². The van der Waals surface area contributed by atoms with Crippen LogP contribution in [0.5, 0.6) is 0 Å². The number of alkyl halides is 3. The number of nitrogens with zero attached hydrogens (tertiary/aromatic N) is 3. The lowest BCUT2D eigenvalue weighted by atomic mass is 10.0. The molecule has 0 saturated carbocycles. The van der Waals surface area contributed by atoms with Crippen molar-refractivity contribution in [1.82, 2.24) is 20.5 Å². The summed E-state index contributed by atoms with van der Waals surface area (Å²) in [5.74, 6) is 0.699. The van der Waals surface area contributed by atoms with E-state index >= 15 is 0 Å². The highest BCUT2D eigenvalue weighted by Crippen LogP contribution is 2.29. The van der Waals surface area contributed by atoms with E-state index in [1.165, 1.54) is 19.4 Å². The van der Waals surface area contributed by atoms with Crippen LogP contribution in [0.4, 0.5) is 13.2 Å². The highest BCUT2D eigenvalue weighted by molar-refractivity contribution is 14.0. The molecular formula is C17H29F3IN5S. The van der Waals surface area contributed by atoms with Gasteiger partial charge >= 0.3 is 6.18 Å². The first-order chi connectivity index (χ1) is 12.4. The van der Waals surface area contributed by atoms with Crippen molar-refractivity contribution in [3.63, 3.8) is 0 Å². The number of likely N-dealkylation sites (tertiary alicyclic amines) is 1. The maximum Gasteiger partial charge on any atom is 0.434 e. The molecule has 5 nitrogen and oxygen atoms in total. The van der Waals surface area contributed by atoms with Gasteiger partial charge in [0.2, 0.25) is 0 Å². The molecule has 0 radical (unpaired) electrons. The Kier molecular flexibility index (Phi) is 10.9. The summed E-state index contributed by atoms with van der Waals surface area (Å²) in [5, 5.41) is 8.12. The summed E-state index contributed by atoms with van der Waals surface area (Å²) < 4.78 is 37.7. The van der Waals surface area contributed by atoms with Crippen molar-refractivity contribution >= 4 is 41.3 Å². The largest absolute Gasteiger partial charge is 0.434 e. The van der Waals surface area contributed by atoms with E-state index in [4.69, 9.17) is 0 Å². The zero-order valence-corrected chi connectivity index (χ0v) is 19.0. The molecule has 0 unspecified atom stereocenters. The van der Waals surface area contributed by atoms with Crippen LogP contribution in [-0.4, -0.2) is 55.1 Å². The number of nitrogens with one attached hydrogen (secondary N) is 2. The predicted molar refractivity (Wildman–Crippen MR) is 115 cm³/mol. The summed E-state index contributed by atoms with van der Waals surface area (Å²) in [7, 11) is 1.71. The average molecular weight is 519 g/mol. The number of hydrogen-bond donors (Lipinski definition) is 2. The van der Waals surface area contributed by atoms with Crippen LogP contribution in [0, 0.1) is 0 Å². The fraction of sp³-hybridized carbons (Fsp3) is 0.765. The molecule has 156 valence electrons. The number of thiazole rings is 1. The quantitative estimate of drug-likeness (QED) is 0.328. The molecule has 1 aromatic rings. The maximum absolute atomic E-state index is 12.6. The number of hydrogen-bond acceptors (Lipinski definition) is 4. The molecule has 1 aliphatic heterocycles. The van der Waals surface area contributed by atoms with Crippen molar-refractivity contribution in [3.8, 4) is 0 Å². The van der Waals surface area contributed by atoms with Gasteiger partial charge in [-0.1, -0.05) is 13.3 Å². The SMILES string of the molecule is CCCCN1CCC(NC(=NC)NCCc2nc(C(F)(F)F)cs2)CC1.I. The number of rotatable bonds is 7. The Balaban J connectivity index is 0.00000364. The van der Waals surface area contributed by atoms with Crippen LogP contribution in [0.1, 0.15) is 43.3 Å². The van der Waals surface area contributed by atoms with Gasteiger partial charge in [0.25, 0.3) is 0 Å². The molecular weight excluding hydrogens is 490 g/mol. The summed E-state index contributed by atoms with van der Waals surface area (Å²) >= 11 is 1.04. The average Bonchev–Trinajstić information content (AvgIpc) is 3.09. The molecule has 1 saturated heterocycles. The van der Waals surface area contributed by atoms with E-state index in [0.29, 0.717) is 30.0 Å². The molecule has 1 aliphatic rings. The highest BCUT2D eigenvalue weighted by atomic mass is 127. The van der Waals surface area contributed by atoms with Crippen molar-refractivity contribution in [2.24, 2.45) is 4.99 Å². The van der Waals surface area contributed by atoms with Gasteiger partial charge in [0.05, 0.1) is 5.01 Å². The van der Waals surface area contributed by atoms with Gasteiger partial charge in [-0.15, -0.1) is 35.3 Å². The number of unbranched alkanes of at least 4 members (excludes halogenated alkanes) is 1. The Hall–Kier alpha value is -0.620. The lowest BCUT2D eigenvalue weighted by Crippen LogP contribution is -2.49. The van der Waals surface area contributed by atoms with Crippen LogP contribution in [0.25, 0.3) is 0 Å². The molecule has 0 aliphatic carbocycles. The van der Waals surface area contributed by atoms with Crippen LogP contribution < -0.4 is 10.6 Å². The van der Waals surface area contributed by atoms with Crippen molar-refractivity contribution < 1.29 is 13.2 Å². The minimum absolute atomic E-state index is 0. The van der Waals surface area contributed by atoms with E-state index in [2.05, 4.69) is 32.4 Å². The molecule has 2 rings (SSSR count). The molecule has 0 aromatic carbocycles. The number of piperidine rings is 1. The van der Waals surface area contributed by atoms with Gasteiger partial charge in [0, 0.05) is 44.5 Å². The standard InChI is InChI=1S/C17H28F3N5S.HI/c1-3-4-9-25-10-6-13(7-11-25)23-16(21-2)22-8-5-15-24-14(12-26-15)17(18,19)20;/h12-13H,3-11H2,1-2H3,(H2,21,22,23);1H. The Morgan fingerprint density at radius 2 is 2.07 bits per heavy atom. The Labute approximate surface area is 180 Å². The number of guanidine groups is 1. The third-order valence-corrected chi connectivity index (χ3v) is 5.36. The molecule has 1 fully saturated rings. The topological polar surface area (TPSA) is 52.5 Å². The number of aliphatic imine (C=N–C) groups is 1. The minimum Gasteiger partial charge on any atom is -0.356 e. The van der Waals surface area contributed by atoms with Gasteiger partial charge in [0.15, 0.2) is 11.7 Å². The fourth-order valence-corrected chi connectivity index (χ4v) is 3.72. The Bertz CT molecular complexity index is 571. The first kappa shape index (κ1) is 24.4. The monoisotopic (exact) mass is 519 g/mol. The van der Waals surface area contributed by atoms with Crippen LogP contribution in [0.2, 0.25) is 0 Å². The van der Waals surface area contributed by atoms with E-state index in [1.807, 2.05) is 0 Å². The minimum atomic E-state index is -4.37. The van der Waals surface area contributed by atoms with E-state index < -0.39 is 11.9 Å². The first-order valence-corrected chi connectivity index (χ1v) is 10.0.